The van der Waals surface area contributed by atoms with E-state index in [-0.39, 0.29) is 91.4 Å². The van der Waals surface area contributed by atoms with Gasteiger partial charge in [0.1, 0.15) is 42.4 Å². The minimum atomic E-state index is -1.00. The smallest absolute Gasteiger partial charge is 0.319 e. The fourth-order valence-electron chi connectivity index (χ4n) is 11.2. The highest BCUT2D eigenvalue weighted by atomic mass is 35.5. The Bertz CT molecular complexity index is 3360. The van der Waals surface area contributed by atoms with Gasteiger partial charge in [-0.1, -0.05) is 87.5 Å². The van der Waals surface area contributed by atoms with Crippen LogP contribution < -0.4 is 20.3 Å². The third-order valence-corrected chi connectivity index (χ3v) is 15.9. The number of carbonyl (C=O) groups excluding carboxylic acids is 4. The Morgan fingerprint density at radius 1 is 0.975 bits per heavy atom. The van der Waals surface area contributed by atoms with Gasteiger partial charge in [-0.15, -0.1) is 0 Å². The molecule has 21 heteroatoms. The Hall–Kier alpha value is -7.70. The van der Waals surface area contributed by atoms with Crippen LogP contribution in [0.15, 0.2) is 91.6 Å². The maximum absolute atomic E-state index is 17.2. The summed E-state index contributed by atoms with van der Waals surface area (Å²) in [5.74, 6) is -1.93. The molecular formula is C60H69ClFN11O8. The lowest BCUT2D eigenvalue weighted by atomic mass is 9.85. The van der Waals surface area contributed by atoms with E-state index in [4.69, 9.17) is 26.1 Å². The number of aliphatic hydroxyl groups is 1. The Morgan fingerprint density at radius 3 is 2.43 bits per heavy atom. The minimum Gasteiger partial charge on any atom is -0.508 e. The average Bonchev–Trinajstić information content (AvgIpc) is 3.96. The monoisotopic (exact) mass is 1130 g/mol. The van der Waals surface area contributed by atoms with Crippen molar-refractivity contribution in [1.82, 2.24) is 45.1 Å². The number of aliphatic hydroxyl groups excluding tert-OH is 1. The van der Waals surface area contributed by atoms with Crippen molar-refractivity contribution in [2.24, 2.45) is 18.4 Å². The number of likely N-dealkylation sites (tertiary alicyclic amines) is 2. The van der Waals surface area contributed by atoms with Crippen LogP contribution >= 0.6 is 11.6 Å². The number of nitriles is 1. The molecule has 3 fully saturated rings. The zero-order chi connectivity index (χ0) is 57.7. The zero-order valence-corrected chi connectivity index (χ0v) is 47.0. The molecule has 0 spiro atoms. The van der Waals surface area contributed by atoms with Crippen LogP contribution in [-0.4, -0.2) is 158 Å². The van der Waals surface area contributed by atoms with Gasteiger partial charge in [0, 0.05) is 63.3 Å². The number of nitrogens with one attached hydrogen (secondary N) is 2. The van der Waals surface area contributed by atoms with Gasteiger partial charge in [0.2, 0.25) is 23.6 Å². The number of halogens is 2. The molecule has 426 valence electrons. The standard InChI is InChI=1S/C60H69ClFN11O8/c1-7-51(77)72-25-24-71(32-41(72)16-20-63)56-46-31-47(61)52(45-29-42(74)28-40-10-8-9-11-44(40)45)53(62)54(46)67-59(68-56)81-27-26-70-22-18-37(19-23-70)34-80-35-50(76)66-55(60(3,4)5)58(79)73-33-43(75)30-49(73)57(78)65-36(2)38-12-14-39(15-13-38)48-17-21-64-69(48)6/h7-15,17,21,28-29,31,36-37,41,43,49,55,74-75H,1,16,18-19,22-27,30,32-35H2,2-6H3,(H,65,78)(H,66,76)/t36-,41-,43+,49-,55+/m0/s1. The van der Waals surface area contributed by atoms with Crippen molar-refractivity contribution in [3.8, 4) is 40.2 Å². The SMILES string of the molecule is C=CC(=O)N1CCN(c2nc(OCCN3CCC(COCC(=O)N[C@H](C(=O)N4C[C@H](O)C[C@H]4C(=O)N[C@@H](C)c4ccc(-c5ccnn5C)cc4)C(C)(C)C)CC3)nc3c(F)c(-c4cc(O)cc5ccccc45)c(Cl)cc23)C[C@@H]1CC#N. The van der Waals surface area contributed by atoms with Crippen molar-refractivity contribution in [3.63, 3.8) is 0 Å². The summed E-state index contributed by atoms with van der Waals surface area (Å²) in [5, 5.41) is 43.0. The van der Waals surface area contributed by atoms with Crippen LogP contribution in [0.5, 0.6) is 11.8 Å². The molecule has 0 aliphatic carbocycles. The molecule has 4 aromatic carbocycles. The average molecular weight is 1130 g/mol. The van der Waals surface area contributed by atoms with E-state index in [1.54, 1.807) is 27.9 Å². The first-order valence-corrected chi connectivity index (χ1v) is 27.8. The number of rotatable bonds is 18. The molecule has 2 aromatic heterocycles. The zero-order valence-electron chi connectivity index (χ0n) is 46.3. The van der Waals surface area contributed by atoms with Crippen LogP contribution in [0.2, 0.25) is 5.02 Å². The maximum atomic E-state index is 17.2. The van der Waals surface area contributed by atoms with Crippen molar-refractivity contribution in [2.75, 3.05) is 70.5 Å². The van der Waals surface area contributed by atoms with Gasteiger partial charge < -0.3 is 45.0 Å². The van der Waals surface area contributed by atoms with E-state index in [1.807, 2.05) is 94.2 Å². The first-order chi connectivity index (χ1) is 38.8. The molecule has 0 unspecified atom stereocenters. The van der Waals surface area contributed by atoms with Crippen molar-refractivity contribution in [3.05, 3.63) is 108 Å². The van der Waals surface area contributed by atoms with E-state index in [2.05, 4.69) is 38.3 Å². The number of benzene rings is 4. The van der Waals surface area contributed by atoms with Gasteiger partial charge in [-0.2, -0.15) is 20.3 Å². The van der Waals surface area contributed by atoms with E-state index in [0.29, 0.717) is 60.3 Å². The summed E-state index contributed by atoms with van der Waals surface area (Å²) in [5.41, 5.74) is 2.44. The Kier molecular flexibility index (Phi) is 17.9. The van der Waals surface area contributed by atoms with Gasteiger partial charge in [0.05, 0.1) is 48.0 Å². The van der Waals surface area contributed by atoms with Gasteiger partial charge in [0.25, 0.3) is 0 Å². The number of aryl methyl sites for hydroxylation is 1. The second-order valence-electron chi connectivity index (χ2n) is 22.3. The number of fused-ring (bicyclic) bond motifs is 2. The largest absolute Gasteiger partial charge is 0.508 e. The van der Waals surface area contributed by atoms with E-state index < -0.39 is 53.2 Å². The fourth-order valence-corrected chi connectivity index (χ4v) is 11.5. The molecule has 5 heterocycles. The quantitative estimate of drug-likeness (QED) is 0.0639. The molecule has 5 atom stereocenters. The normalized spacial score (nSPS) is 18.9. The molecule has 6 aromatic rings. The summed E-state index contributed by atoms with van der Waals surface area (Å²) >= 11 is 6.95. The first kappa shape index (κ1) is 58.0. The number of hydrogen-bond donors (Lipinski definition) is 4. The summed E-state index contributed by atoms with van der Waals surface area (Å²) in [7, 11) is 1.87. The minimum absolute atomic E-state index is 0.0471. The van der Waals surface area contributed by atoms with E-state index in [1.165, 1.54) is 17.0 Å². The fraction of sp³-hybridized carbons (Fsp3) is 0.433. The van der Waals surface area contributed by atoms with Crippen LogP contribution in [0.4, 0.5) is 10.2 Å². The molecular weight excluding hydrogens is 1060 g/mol. The predicted molar refractivity (Wildman–Crippen MR) is 305 cm³/mol. The maximum Gasteiger partial charge on any atom is 0.319 e. The number of phenolic OH excluding ortho intramolecular Hbond substituents is 1. The number of amides is 4. The molecule has 9 rings (SSSR count). The lowest BCUT2D eigenvalue weighted by Crippen LogP contribution is -2.58. The number of nitrogens with zero attached hydrogens (tertiary/aromatic N) is 9. The van der Waals surface area contributed by atoms with Gasteiger partial charge in [0.15, 0.2) is 5.82 Å². The summed E-state index contributed by atoms with van der Waals surface area (Å²) < 4.78 is 31.2. The number of aromatic hydroxyl groups is 1. The number of piperidine rings is 1. The Labute approximate surface area is 475 Å². The van der Waals surface area contributed by atoms with Crippen LogP contribution in [0.1, 0.15) is 65.0 Å². The van der Waals surface area contributed by atoms with Gasteiger partial charge in [-0.25, -0.2) is 4.39 Å². The highest BCUT2D eigenvalue weighted by Crippen LogP contribution is 2.43. The lowest BCUT2D eigenvalue weighted by Gasteiger charge is -2.41. The number of hydrogen-bond acceptors (Lipinski definition) is 14. The third kappa shape index (κ3) is 13.1. The molecule has 19 nitrogen and oxygen atoms in total. The number of anilines is 1. The van der Waals surface area contributed by atoms with E-state index in [0.717, 1.165) is 29.7 Å². The van der Waals surface area contributed by atoms with Crippen LogP contribution in [0.3, 0.4) is 0 Å². The molecule has 81 heavy (non-hydrogen) atoms. The summed E-state index contributed by atoms with van der Waals surface area (Å²) in [4.78, 5) is 70.8. The van der Waals surface area contributed by atoms with Crippen molar-refractivity contribution in [2.45, 2.75) is 83.6 Å². The number of aromatic nitrogens is 4. The molecule has 0 saturated carbocycles. The predicted octanol–water partition coefficient (Wildman–Crippen LogP) is 6.94. The Balaban J connectivity index is 0.795. The van der Waals surface area contributed by atoms with Crippen molar-refractivity contribution < 1.29 is 43.3 Å². The summed E-state index contributed by atoms with van der Waals surface area (Å²) in [6.45, 7) is 13.9. The second-order valence-corrected chi connectivity index (χ2v) is 22.7. The van der Waals surface area contributed by atoms with E-state index >= 15 is 4.39 Å². The number of ether oxygens (including phenoxy) is 2. The van der Waals surface area contributed by atoms with Crippen LogP contribution in [-0.2, 0) is 31.0 Å². The number of carbonyl (C=O) groups is 4. The summed E-state index contributed by atoms with van der Waals surface area (Å²) in [6, 6.07) is 20.9. The lowest BCUT2D eigenvalue weighted by molar-refractivity contribution is -0.144. The molecule has 0 radical (unpaired) electrons. The number of phenols is 1. The number of piperazine rings is 1. The molecule has 3 saturated heterocycles. The van der Waals surface area contributed by atoms with Gasteiger partial charge in [-0.05, 0) is 102 Å². The van der Waals surface area contributed by atoms with Crippen molar-refractivity contribution >= 4 is 62.7 Å². The molecule has 0 bridgehead atoms. The third-order valence-electron chi connectivity index (χ3n) is 15.6. The number of β-amino-alcohol motifs (C(OH)–C–C–N with tert-alkyl or cyclic N) is 1. The van der Waals surface area contributed by atoms with E-state index in [9.17, 15) is 34.7 Å². The summed E-state index contributed by atoms with van der Waals surface area (Å²) in [6.07, 6.45) is 3.71. The second kappa shape index (κ2) is 25.0. The highest BCUT2D eigenvalue weighted by Gasteiger charge is 2.45. The first-order valence-electron chi connectivity index (χ1n) is 27.4. The molecule has 4 amide bonds. The highest BCUT2D eigenvalue weighted by molar-refractivity contribution is 6.35. The topological polar surface area (TPSA) is 232 Å². The molecule has 3 aliphatic heterocycles. The van der Waals surface area contributed by atoms with Crippen molar-refractivity contribution in [1.29, 1.82) is 5.26 Å². The van der Waals surface area contributed by atoms with Crippen LogP contribution in [0.25, 0.3) is 44.1 Å². The van der Waals surface area contributed by atoms with Gasteiger partial charge >= 0.3 is 6.01 Å². The van der Waals surface area contributed by atoms with Crippen LogP contribution in [0, 0.1) is 28.5 Å². The van der Waals surface area contributed by atoms with Gasteiger partial charge in [-0.3, -0.25) is 28.8 Å². The molecule has 4 N–H and O–H groups in total. The molecule has 3 aliphatic rings. The Morgan fingerprint density at radius 2 is 1.73 bits per heavy atom.